The molecule has 1 rings (SSSR count). The summed E-state index contributed by atoms with van der Waals surface area (Å²) in [7, 11) is -5.12. The molecule has 302 valence electrons. The summed E-state index contributed by atoms with van der Waals surface area (Å²) in [6.07, 6.45) is 11.9. The number of hydrogen-bond donors (Lipinski definition) is 9. The highest BCUT2D eigenvalue weighted by atomic mass is 31.2. The van der Waals surface area contributed by atoms with Crippen LogP contribution in [-0.2, 0) is 18.4 Å². The largest absolute Gasteiger partial charge is 0.472 e. The summed E-state index contributed by atoms with van der Waals surface area (Å²) < 4.78 is 22.7. The van der Waals surface area contributed by atoms with E-state index >= 15 is 0 Å². The maximum atomic E-state index is 12.9. The van der Waals surface area contributed by atoms with Crippen LogP contribution in [-0.4, -0.2) is 108 Å². The summed E-state index contributed by atoms with van der Waals surface area (Å²) in [5, 5.41) is 73.9. The number of phosphoric ester groups is 1. The Balaban J connectivity index is 2.65. The molecular weight excluding hydrogens is 681 g/mol. The van der Waals surface area contributed by atoms with Gasteiger partial charge in [0.1, 0.15) is 36.6 Å². The SMILES string of the molecule is CCCCCCCCCC/C=C/C(O)C(COP(=O)(O)OC1C(O)C(O)C(O)C(O)C1O)NC(=O)CC(O)CCCCCCCCCCCCC. The minimum absolute atomic E-state index is 0.241. The molecule has 1 amide bonds. The van der Waals surface area contributed by atoms with Crippen molar-refractivity contribution >= 4 is 13.7 Å². The lowest BCUT2D eigenvalue weighted by Crippen LogP contribution is -2.64. The zero-order valence-corrected chi connectivity index (χ0v) is 32.2. The van der Waals surface area contributed by atoms with Gasteiger partial charge in [-0.25, -0.2) is 4.57 Å². The van der Waals surface area contributed by atoms with E-state index in [0.29, 0.717) is 12.8 Å². The van der Waals surface area contributed by atoms with Gasteiger partial charge in [0, 0.05) is 0 Å². The molecule has 51 heavy (non-hydrogen) atoms. The zero-order chi connectivity index (χ0) is 38.1. The molecule has 13 nitrogen and oxygen atoms in total. The second kappa shape index (κ2) is 28.5. The topological polar surface area (TPSA) is 226 Å². The molecule has 0 aromatic rings. The van der Waals surface area contributed by atoms with E-state index in [1.807, 2.05) is 0 Å². The normalized spacial score (nSPS) is 25.5. The number of rotatable bonds is 31. The Kier molecular flexibility index (Phi) is 26.8. The first-order valence-electron chi connectivity index (χ1n) is 19.7. The van der Waals surface area contributed by atoms with E-state index in [2.05, 4.69) is 19.2 Å². The van der Waals surface area contributed by atoms with Crippen LogP contribution in [0.4, 0.5) is 0 Å². The third-order valence-electron chi connectivity index (χ3n) is 9.62. The van der Waals surface area contributed by atoms with Crippen LogP contribution in [0, 0.1) is 0 Å². The number of hydrogen-bond acceptors (Lipinski definition) is 11. The van der Waals surface area contributed by atoms with Crippen LogP contribution in [0.1, 0.15) is 155 Å². The van der Waals surface area contributed by atoms with Crippen LogP contribution in [0.25, 0.3) is 0 Å². The lowest BCUT2D eigenvalue weighted by molar-refractivity contribution is -0.220. The van der Waals surface area contributed by atoms with E-state index in [1.165, 1.54) is 83.1 Å². The minimum Gasteiger partial charge on any atom is -0.393 e. The highest BCUT2D eigenvalue weighted by Gasteiger charge is 2.51. The van der Waals surface area contributed by atoms with Crippen LogP contribution in [0.5, 0.6) is 0 Å². The molecule has 0 aromatic heterocycles. The van der Waals surface area contributed by atoms with Gasteiger partial charge in [0.2, 0.25) is 5.91 Å². The van der Waals surface area contributed by atoms with Crippen molar-refractivity contribution in [1.29, 1.82) is 0 Å². The molecular formula is C37H72NO12P. The highest BCUT2D eigenvalue weighted by molar-refractivity contribution is 7.47. The number of aliphatic hydroxyl groups excluding tert-OH is 7. The molecule has 1 fully saturated rings. The molecule has 9 N–H and O–H groups in total. The number of aliphatic hydroxyl groups is 7. The molecule has 0 spiro atoms. The van der Waals surface area contributed by atoms with E-state index in [9.17, 15) is 50.0 Å². The van der Waals surface area contributed by atoms with Gasteiger partial charge in [-0.05, 0) is 19.3 Å². The first-order valence-corrected chi connectivity index (χ1v) is 21.2. The number of phosphoric acid groups is 1. The van der Waals surface area contributed by atoms with Crippen molar-refractivity contribution in [3.8, 4) is 0 Å². The van der Waals surface area contributed by atoms with Gasteiger partial charge >= 0.3 is 7.82 Å². The fourth-order valence-corrected chi connectivity index (χ4v) is 7.26. The Morgan fingerprint density at radius 3 is 1.61 bits per heavy atom. The summed E-state index contributed by atoms with van der Waals surface area (Å²) in [5.74, 6) is -0.596. The summed E-state index contributed by atoms with van der Waals surface area (Å²) in [6.45, 7) is 3.66. The Hall–Kier alpha value is -0.960. The predicted octanol–water partition coefficient (Wildman–Crippen LogP) is 4.69. The molecule has 1 aliphatic rings. The molecule has 1 saturated carbocycles. The van der Waals surface area contributed by atoms with Crippen molar-refractivity contribution in [2.75, 3.05) is 6.61 Å². The summed E-state index contributed by atoms with van der Waals surface area (Å²) >= 11 is 0. The lowest BCUT2D eigenvalue weighted by Gasteiger charge is -2.41. The minimum atomic E-state index is -5.12. The van der Waals surface area contributed by atoms with E-state index < -0.39 is 75.2 Å². The third kappa shape index (κ3) is 21.5. The van der Waals surface area contributed by atoms with E-state index in [1.54, 1.807) is 6.08 Å². The van der Waals surface area contributed by atoms with Gasteiger partial charge in [0.15, 0.2) is 0 Å². The van der Waals surface area contributed by atoms with Crippen LogP contribution in [0.2, 0.25) is 0 Å². The molecule has 8 atom stereocenters. The van der Waals surface area contributed by atoms with Gasteiger partial charge in [-0.15, -0.1) is 0 Å². The monoisotopic (exact) mass is 753 g/mol. The molecule has 8 unspecified atom stereocenters. The van der Waals surface area contributed by atoms with Crippen LogP contribution >= 0.6 is 7.82 Å². The van der Waals surface area contributed by atoms with Gasteiger partial charge in [-0.3, -0.25) is 13.8 Å². The van der Waals surface area contributed by atoms with E-state index in [-0.39, 0.29) is 6.42 Å². The van der Waals surface area contributed by atoms with Crippen molar-refractivity contribution in [2.45, 2.75) is 210 Å². The van der Waals surface area contributed by atoms with Gasteiger partial charge in [0.25, 0.3) is 0 Å². The van der Waals surface area contributed by atoms with Gasteiger partial charge in [0.05, 0.1) is 31.3 Å². The third-order valence-corrected chi connectivity index (χ3v) is 10.6. The molecule has 1 aliphatic carbocycles. The van der Waals surface area contributed by atoms with Crippen LogP contribution in [0.15, 0.2) is 12.2 Å². The number of carbonyl (C=O) groups is 1. The fourth-order valence-electron chi connectivity index (χ4n) is 6.30. The van der Waals surface area contributed by atoms with Gasteiger partial charge in [-0.2, -0.15) is 0 Å². The van der Waals surface area contributed by atoms with E-state index in [0.717, 1.165) is 44.9 Å². The maximum Gasteiger partial charge on any atom is 0.472 e. The second-order valence-electron chi connectivity index (χ2n) is 14.3. The molecule has 0 bridgehead atoms. The van der Waals surface area contributed by atoms with Crippen molar-refractivity contribution in [2.24, 2.45) is 0 Å². The predicted molar refractivity (Wildman–Crippen MR) is 197 cm³/mol. The molecule has 0 radical (unpaired) electrons. The number of amides is 1. The Morgan fingerprint density at radius 2 is 1.12 bits per heavy atom. The number of allylic oxidation sites excluding steroid dienone is 1. The standard InChI is InChI=1S/C37H72NO12P/c1-3-5-7-9-11-13-15-16-18-20-22-24-28(39)26-31(41)38-29(30(40)25-23-21-19-17-14-12-10-8-6-4-2)27-49-51(47,48)50-37-35(45)33(43)32(42)34(44)36(37)46/h23,25,28-30,32-37,39-40,42-46H,3-22,24,26-27H2,1-2H3,(H,38,41)(H,47,48)/b25-23+. The molecule has 14 heteroatoms. The number of unbranched alkanes of at least 4 members (excludes halogenated alkanes) is 18. The number of carbonyl (C=O) groups excluding carboxylic acids is 1. The van der Waals surface area contributed by atoms with Crippen molar-refractivity contribution in [3.63, 3.8) is 0 Å². The second-order valence-corrected chi connectivity index (χ2v) is 15.7. The summed E-state index contributed by atoms with van der Waals surface area (Å²) in [6, 6.07) is -1.23. The smallest absolute Gasteiger partial charge is 0.393 e. The zero-order valence-electron chi connectivity index (χ0n) is 31.3. The lowest BCUT2D eigenvalue weighted by atomic mass is 9.85. The quantitative estimate of drug-likeness (QED) is 0.0267. The Morgan fingerprint density at radius 1 is 0.686 bits per heavy atom. The average molecular weight is 754 g/mol. The maximum absolute atomic E-state index is 12.9. The Bertz CT molecular complexity index is 943. The molecule has 0 aliphatic heterocycles. The molecule has 0 heterocycles. The van der Waals surface area contributed by atoms with Crippen molar-refractivity contribution in [3.05, 3.63) is 12.2 Å². The summed E-state index contributed by atoms with van der Waals surface area (Å²) in [5.41, 5.74) is 0. The highest BCUT2D eigenvalue weighted by Crippen LogP contribution is 2.47. The number of nitrogens with one attached hydrogen (secondary N) is 1. The fraction of sp³-hybridized carbons (Fsp3) is 0.919. The average Bonchev–Trinajstić information content (AvgIpc) is 3.09. The molecule has 0 saturated heterocycles. The van der Waals surface area contributed by atoms with Crippen LogP contribution < -0.4 is 5.32 Å². The first kappa shape index (κ1) is 48.1. The van der Waals surface area contributed by atoms with Crippen LogP contribution in [0.3, 0.4) is 0 Å². The Labute approximate surface area is 306 Å². The van der Waals surface area contributed by atoms with Crippen molar-refractivity contribution in [1.82, 2.24) is 5.32 Å². The van der Waals surface area contributed by atoms with Gasteiger partial charge < -0.3 is 46.0 Å². The van der Waals surface area contributed by atoms with E-state index in [4.69, 9.17) is 9.05 Å². The molecule has 0 aromatic carbocycles. The first-order chi connectivity index (χ1) is 24.3. The van der Waals surface area contributed by atoms with Gasteiger partial charge in [-0.1, -0.05) is 142 Å². The van der Waals surface area contributed by atoms with Crippen molar-refractivity contribution < 1.29 is 59.0 Å². The summed E-state index contributed by atoms with van der Waals surface area (Å²) in [4.78, 5) is 23.2.